The van der Waals surface area contributed by atoms with Crippen molar-refractivity contribution in [3.05, 3.63) is 28.2 Å². The summed E-state index contributed by atoms with van der Waals surface area (Å²) in [7, 11) is 0. The molecular formula is C17H25Cl2N3O2. The van der Waals surface area contributed by atoms with E-state index in [9.17, 15) is 9.59 Å². The van der Waals surface area contributed by atoms with E-state index in [1.54, 1.807) is 12.1 Å². The molecule has 0 radical (unpaired) electrons. The largest absolute Gasteiger partial charge is 0.337 e. The SMILES string of the molecule is CCCCCCCCCC(=O)NNC(=O)Nc1ccc(Cl)c(Cl)c1. The number of rotatable bonds is 9. The van der Waals surface area contributed by atoms with Gasteiger partial charge in [-0.2, -0.15) is 0 Å². The van der Waals surface area contributed by atoms with Gasteiger partial charge in [-0.05, 0) is 24.6 Å². The molecule has 1 aromatic carbocycles. The molecule has 7 heteroatoms. The molecule has 5 nitrogen and oxygen atoms in total. The van der Waals surface area contributed by atoms with Crippen LogP contribution in [0.5, 0.6) is 0 Å². The van der Waals surface area contributed by atoms with Gasteiger partial charge in [0.15, 0.2) is 0 Å². The second kappa shape index (κ2) is 12.0. The summed E-state index contributed by atoms with van der Waals surface area (Å²) in [5.41, 5.74) is 5.18. The zero-order valence-corrected chi connectivity index (χ0v) is 15.5. The summed E-state index contributed by atoms with van der Waals surface area (Å²) in [6.45, 7) is 2.19. The lowest BCUT2D eigenvalue weighted by atomic mass is 10.1. The summed E-state index contributed by atoms with van der Waals surface area (Å²) in [6.07, 6.45) is 8.41. The van der Waals surface area contributed by atoms with Crippen LogP contribution in [0.4, 0.5) is 10.5 Å². The van der Waals surface area contributed by atoms with Gasteiger partial charge in [0.25, 0.3) is 0 Å². The van der Waals surface area contributed by atoms with Crippen LogP contribution in [-0.4, -0.2) is 11.9 Å². The quantitative estimate of drug-likeness (QED) is 0.406. The predicted octanol–water partition coefficient (Wildman–Crippen LogP) is 5.29. The van der Waals surface area contributed by atoms with Crippen molar-refractivity contribution in [1.29, 1.82) is 0 Å². The average molecular weight is 374 g/mol. The van der Waals surface area contributed by atoms with Crippen molar-refractivity contribution in [2.24, 2.45) is 0 Å². The average Bonchev–Trinajstić information content (AvgIpc) is 2.55. The molecule has 1 rings (SSSR count). The Hall–Kier alpha value is -1.46. The molecule has 0 fully saturated rings. The molecule has 0 atom stereocenters. The Morgan fingerprint density at radius 3 is 2.25 bits per heavy atom. The zero-order chi connectivity index (χ0) is 17.8. The maximum absolute atomic E-state index is 11.7. The van der Waals surface area contributed by atoms with Gasteiger partial charge in [-0.15, -0.1) is 0 Å². The van der Waals surface area contributed by atoms with E-state index in [4.69, 9.17) is 23.2 Å². The van der Waals surface area contributed by atoms with Gasteiger partial charge in [-0.3, -0.25) is 10.2 Å². The van der Waals surface area contributed by atoms with E-state index in [1.807, 2.05) is 0 Å². The van der Waals surface area contributed by atoms with Crippen LogP contribution >= 0.6 is 23.2 Å². The Labute approximate surface area is 153 Å². The van der Waals surface area contributed by atoms with Gasteiger partial charge in [-0.25, -0.2) is 10.2 Å². The molecule has 1 aromatic rings. The summed E-state index contributed by atoms with van der Waals surface area (Å²) in [5.74, 6) is -0.201. The molecule has 3 N–H and O–H groups in total. The van der Waals surface area contributed by atoms with Crippen LogP contribution in [0.2, 0.25) is 10.0 Å². The molecular weight excluding hydrogens is 349 g/mol. The molecule has 3 amide bonds. The number of hydrazine groups is 1. The van der Waals surface area contributed by atoms with Crippen LogP contribution in [0.15, 0.2) is 18.2 Å². The molecule has 0 bridgehead atoms. The van der Waals surface area contributed by atoms with Gasteiger partial charge in [0, 0.05) is 12.1 Å². The second-order valence-corrected chi connectivity index (χ2v) is 6.44. The Kier molecular flexibility index (Phi) is 10.3. The lowest BCUT2D eigenvalue weighted by Crippen LogP contribution is -2.43. The maximum atomic E-state index is 11.7. The number of nitrogens with one attached hydrogen (secondary N) is 3. The lowest BCUT2D eigenvalue weighted by molar-refractivity contribution is -0.121. The van der Waals surface area contributed by atoms with Crippen LogP contribution in [0.3, 0.4) is 0 Å². The lowest BCUT2D eigenvalue weighted by Gasteiger charge is -2.09. The summed E-state index contributed by atoms with van der Waals surface area (Å²) in [6, 6.07) is 4.19. The fraction of sp³-hybridized carbons (Fsp3) is 0.529. The summed E-state index contributed by atoms with van der Waals surface area (Å²) < 4.78 is 0. The van der Waals surface area contributed by atoms with Crippen molar-refractivity contribution in [2.75, 3.05) is 5.32 Å². The number of anilines is 1. The summed E-state index contributed by atoms with van der Waals surface area (Å²) in [4.78, 5) is 23.3. The highest BCUT2D eigenvalue weighted by atomic mass is 35.5. The summed E-state index contributed by atoms with van der Waals surface area (Å²) >= 11 is 11.7. The first-order chi connectivity index (χ1) is 11.5. The standard InChI is InChI=1S/C17H25Cl2N3O2/c1-2-3-4-5-6-7-8-9-16(23)21-22-17(24)20-13-10-11-14(18)15(19)12-13/h10-12H,2-9H2,1H3,(H,21,23)(H2,20,22,24). The third-order valence-corrected chi connectivity index (χ3v) is 4.24. The first-order valence-electron chi connectivity index (χ1n) is 8.33. The van der Waals surface area contributed by atoms with Crippen molar-refractivity contribution >= 4 is 40.8 Å². The number of benzene rings is 1. The van der Waals surface area contributed by atoms with Crippen molar-refractivity contribution in [3.63, 3.8) is 0 Å². The zero-order valence-electron chi connectivity index (χ0n) is 14.0. The number of halogens is 2. The van der Waals surface area contributed by atoms with Crippen molar-refractivity contribution in [2.45, 2.75) is 58.3 Å². The van der Waals surface area contributed by atoms with E-state index in [1.165, 1.54) is 31.7 Å². The van der Waals surface area contributed by atoms with E-state index in [0.717, 1.165) is 19.3 Å². The van der Waals surface area contributed by atoms with E-state index in [0.29, 0.717) is 22.2 Å². The highest BCUT2D eigenvalue weighted by molar-refractivity contribution is 6.42. The van der Waals surface area contributed by atoms with E-state index < -0.39 is 6.03 Å². The molecule has 0 heterocycles. The molecule has 0 saturated heterocycles. The molecule has 0 aliphatic heterocycles. The predicted molar refractivity (Wildman–Crippen MR) is 99.4 cm³/mol. The van der Waals surface area contributed by atoms with E-state index in [2.05, 4.69) is 23.1 Å². The third-order valence-electron chi connectivity index (χ3n) is 3.50. The van der Waals surface area contributed by atoms with Gasteiger partial charge >= 0.3 is 6.03 Å². The number of hydrogen-bond donors (Lipinski definition) is 3. The van der Waals surface area contributed by atoms with Crippen LogP contribution in [0.25, 0.3) is 0 Å². The molecule has 0 aromatic heterocycles. The minimum atomic E-state index is -0.540. The summed E-state index contributed by atoms with van der Waals surface area (Å²) in [5, 5.41) is 3.31. The van der Waals surface area contributed by atoms with Crippen LogP contribution in [-0.2, 0) is 4.79 Å². The minimum Gasteiger partial charge on any atom is -0.307 e. The maximum Gasteiger partial charge on any atom is 0.337 e. The van der Waals surface area contributed by atoms with Crippen LogP contribution < -0.4 is 16.2 Å². The monoisotopic (exact) mass is 373 g/mol. The van der Waals surface area contributed by atoms with Gasteiger partial charge < -0.3 is 5.32 Å². The van der Waals surface area contributed by atoms with Gasteiger partial charge in [0.2, 0.25) is 5.91 Å². The molecule has 134 valence electrons. The van der Waals surface area contributed by atoms with E-state index in [-0.39, 0.29) is 5.91 Å². The number of amides is 3. The van der Waals surface area contributed by atoms with Gasteiger partial charge in [0.1, 0.15) is 0 Å². The Morgan fingerprint density at radius 2 is 1.58 bits per heavy atom. The Morgan fingerprint density at radius 1 is 0.917 bits per heavy atom. The third kappa shape index (κ3) is 8.99. The molecule has 24 heavy (non-hydrogen) atoms. The minimum absolute atomic E-state index is 0.201. The van der Waals surface area contributed by atoms with Gasteiger partial charge in [0.05, 0.1) is 10.0 Å². The van der Waals surface area contributed by atoms with Crippen LogP contribution in [0.1, 0.15) is 58.3 Å². The van der Waals surface area contributed by atoms with Crippen molar-refractivity contribution in [1.82, 2.24) is 10.9 Å². The molecule has 0 aliphatic carbocycles. The number of carbonyl (C=O) groups excluding carboxylic acids is 2. The van der Waals surface area contributed by atoms with Gasteiger partial charge in [-0.1, -0.05) is 68.7 Å². The topological polar surface area (TPSA) is 70.2 Å². The fourth-order valence-electron chi connectivity index (χ4n) is 2.17. The van der Waals surface area contributed by atoms with Crippen molar-refractivity contribution in [3.8, 4) is 0 Å². The van der Waals surface area contributed by atoms with E-state index >= 15 is 0 Å². The number of carbonyl (C=O) groups is 2. The number of hydrogen-bond acceptors (Lipinski definition) is 2. The number of urea groups is 1. The smallest absolute Gasteiger partial charge is 0.307 e. The first kappa shape index (κ1) is 20.6. The molecule has 0 spiro atoms. The Bertz CT molecular complexity index is 539. The number of unbranched alkanes of at least 4 members (excludes halogenated alkanes) is 6. The normalized spacial score (nSPS) is 10.3. The van der Waals surface area contributed by atoms with Crippen LogP contribution in [0, 0.1) is 0 Å². The second-order valence-electron chi connectivity index (χ2n) is 5.63. The van der Waals surface area contributed by atoms with Crippen molar-refractivity contribution < 1.29 is 9.59 Å². The molecule has 0 aliphatic rings. The fourth-order valence-corrected chi connectivity index (χ4v) is 2.47. The first-order valence-corrected chi connectivity index (χ1v) is 9.09. The molecule has 0 saturated carbocycles. The highest BCUT2D eigenvalue weighted by Crippen LogP contribution is 2.24. The Balaban J connectivity index is 2.13. The molecule has 0 unspecified atom stereocenters. The highest BCUT2D eigenvalue weighted by Gasteiger charge is 2.06.